The molecule has 7 heteroatoms. The van der Waals surface area contributed by atoms with Crippen molar-refractivity contribution in [3.8, 4) is 11.5 Å². The summed E-state index contributed by atoms with van der Waals surface area (Å²) in [6, 6.07) is 15.5. The smallest absolute Gasteiger partial charge is 0.222 e. The molecule has 36 heavy (non-hydrogen) atoms. The zero-order valence-corrected chi connectivity index (χ0v) is 21.3. The summed E-state index contributed by atoms with van der Waals surface area (Å²) in [6.07, 6.45) is 4.74. The summed E-state index contributed by atoms with van der Waals surface area (Å²) in [5, 5.41) is 3.16. The minimum Gasteiger partial charge on any atom is -0.493 e. The van der Waals surface area contributed by atoms with Crippen LogP contribution in [0.3, 0.4) is 0 Å². The largest absolute Gasteiger partial charge is 0.493 e. The van der Waals surface area contributed by atoms with E-state index in [-0.39, 0.29) is 23.5 Å². The van der Waals surface area contributed by atoms with Crippen molar-refractivity contribution >= 4 is 17.6 Å². The van der Waals surface area contributed by atoms with Gasteiger partial charge in [0.25, 0.3) is 0 Å². The highest BCUT2D eigenvalue weighted by Gasteiger charge is 2.39. The second-order valence-corrected chi connectivity index (χ2v) is 10.0. The highest BCUT2D eigenvalue weighted by Crippen LogP contribution is 2.34. The SMILES string of the molecule is COc1ccc(C[C@@]2(CCC(=O)N3CCC[C@@H](C(=O)Cc4ccccc4)C3)CCC(=O)N2)cc1OC. The van der Waals surface area contributed by atoms with E-state index in [9.17, 15) is 14.4 Å². The standard InChI is InChI=1S/C29H36N2O5/c1-35-25-11-10-22(18-26(25)36-2)19-29(14-12-27(33)30-29)15-13-28(34)31-16-6-9-23(20-31)24(32)17-21-7-4-3-5-8-21/h3-5,7-8,10-11,18,23H,6,9,12-17,19-20H2,1-2H3,(H,30,33)/t23-,29+/m1/s1. The number of amides is 2. The van der Waals surface area contributed by atoms with E-state index in [1.165, 1.54) is 0 Å². The van der Waals surface area contributed by atoms with Gasteiger partial charge in [-0.2, -0.15) is 0 Å². The quantitative estimate of drug-likeness (QED) is 0.546. The fourth-order valence-electron chi connectivity index (χ4n) is 5.48. The molecule has 0 aliphatic carbocycles. The first kappa shape index (κ1) is 25.7. The Labute approximate surface area is 213 Å². The first-order valence-electron chi connectivity index (χ1n) is 12.8. The number of nitrogens with one attached hydrogen (secondary N) is 1. The predicted molar refractivity (Wildman–Crippen MR) is 137 cm³/mol. The normalized spacial score (nSPS) is 21.7. The third kappa shape index (κ3) is 6.25. The molecule has 2 heterocycles. The van der Waals surface area contributed by atoms with E-state index in [1.54, 1.807) is 14.2 Å². The molecule has 7 nitrogen and oxygen atoms in total. The van der Waals surface area contributed by atoms with Crippen molar-refractivity contribution in [3.63, 3.8) is 0 Å². The van der Waals surface area contributed by atoms with E-state index in [0.29, 0.717) is 63.1 Å². The maximum Gasteiger partial charge on any atom is 0.222 e. The van der Waals surface area contributed by atoms with Gasteiger partial charge in [-0.25, -0.2) is 0 Å². The van der Waals surface area contributed by atoms with Gasteiger partial charge >= 0.3 is 0 Å². The van der Waals surface area contributed by atoms with Crippen LogP contribution in [0.25, 0.3) is 0 Å². The Hall–Kier alpha value is -3.35. The lowest BCUT2D eigenvalue weighted by Gasteiger charge is -2.34. The van der Waals surface area contributed by atoms with Gasteiger partial charge in [0, 0.05) is 43.8 Å². The van der Waals surface area contributed by atoms with Crippen molar-refractivity contribution < 1.29 is 23.9 Å². The Balaban J connectivity index is 1.37. The third-order valence-corrected chi connectivity index (χ3v) is 7.49. The van der Waals surface area contributed by atoms with Crippen molar-refractivity contribution in [3.05, 3.63) is 59.7 Å². The predicted octanol–water partition coefficient (Wildman–Crippen LogP) is 3.73. The summed E-state index contributed by atoms with van der Waals surface area (Å²) in [5.41, 5.74) is 1.57. The van der Waals surface area contributed by atoms with Gasteiger partial charge in [-0.1, -0.05) is 36.4 Å². The number of hydrogen-bond acceptors (Lipinski definition) is 5. The van der Waals surface area contributed by atoms with Gasteiger partial charge < -0.3 is 19.7 Å². The minimum absolute atomic E-state index is 0.0208. The van der Waals surface area contributed by atoms with Gasteiger partial charge in [0.15, 0.2) is 11.5 Å². The first-order valence-corrected chi connectivity index (χ1v) is 12.8. The van der Waals surface area contributed by atoms with Crippen molar-refractivity contribution in [2.45, 2.75) is 56.9 Å². The fraction of sp³-hybridized carbons (Fsp3) is 0.483. The van der Waals surface area contributed by atoms with Crippen LogP contribution < -0.4 is 14.8 Å². The van der Waals surface area contributed by atoms with Crippen molar-refractivity contribution in [2.75, 3.05) is 27.3 Å². The first-order chi connectivity index (χ1) is 17.4. The molecule has 0 saturated carbocycles. The van der Waals surface area contributed by atoms with Crippen LogP contribution >= 0.6 is 0 Å². The van der Waals surface area contributed by atoms with Gasteiger partial charge in [-0.05, 0) is 55.4 Å². The molecular weight excluding hydrogens is 456 g/mol. The number of nitrogens with zero attached hydrogens (tertiary/aromatic N) is 1. The van der Waals surface area contributed by atoms with E-state index in [4.69, 9.17) is 9.47 Å². The molecule has 0 unspecified atom stereocenters. The molecule has 1 N–H and O–H groups in total. The number of Topliss-reactive ketones (excluding diaryl/α,β-unsaturated/α-hetero) is 1. The van der Waals surface area contributed by atoms with Crippen molar-refractivity contribution in [1.82, 2.24) is 10.2 Å². The molecule has 0 aromatic heterocycles. The molecular formula is C29H36N2O5. The molecule has 2 aromatic carbocycles. The lowest BCUT2D eigenvalue weighted by Crippen LogP contribution is -2.46. The minimum atomic E-state index is -0.468. The molecule has 2 aliphatic heterocycles. The van der Waals surface area contributed by atoms with E-state index in [0.717, 1.165) is 24.0 Å². The van der Waals surface area contributed by atoms with Crippen LogP contribution in [0.4, 0.5) is 0 Å². The van der Waals surface area contributed by atoms with Crippen LogP contribution in [-0.2, 0) is 27.2 Å². The van der Waals surface area contributed by atoms with Gasteiger partial charge in [0.05, 0.1) is 14.2 Å². The van der Waals surface area contributed by atoms with Crippen LogP contribution in [-0.4, -0.2) is 55.3 Å². The Kier molecular flexibility index (Phi) is 8.28. The number of benzene rings is 2. The summed E-state index contributed by atoms with van der Waals surface area (Å²) >= 11 is 0. The van der Waals surface area contributed by atoms with Crippen LogP contribution in [0.2, 0.25) is 0 Å². The molecule has 2 saturated heterocycles. The monoisotopic (exact) mass is 492 g/mol. The van der Waals surface area contributed by atoms with Crippen molar-refractivity contribution in [1.29, 1.82) is 0 Å². The Morgan fingerprint density at radius 1 is 1.06 bits per heavy atom. The summed E-state index contributed by atoms with van der Waals surface area (Å²) in [5.74, 6) is 1.46. The second-order valence-electron chi connectivity index (χ2n) is 10.0. The number of hydrogen-bond donors (Lipinski definition) is 1. The maximum absolute atomic E-state index is 13.2. The van der Waals surface area contributed by atoms with E-state index in [2.05, 4.69) is 5.32 Å². The molecule has 2 aliphatic rings. The average Bonchev–Trinajstić information content (AvgIpc) is 3.27. The zero-order valence-electron chi connectivity index (χ0n) is 21.3. The van der Waals surface area contributed by atoms with Gasteiger partial charge in [0.1, 0.15) is 5.78 Å². The van der Waals surface area contributed by atoms with E-state index >= 15 is 0 Å². The molecule has 2 aromatic rings. The Morgan fingerprint density at radius 2 is 1.83 bits per heavy atom. The lowest BCUT2D eigenvalue weighted by atomic mass is 9.84. The molecule has 0 spiro atoms. The number of carbonyl (C=O) groups excluding carboxylic acids is 3. The third-order valence-electron chi connectivity index (χ3n) is 7.49. The Bertz CT molecular complexity index is 1090. The lowest BCUT2D eigenvalue weighted by molar-refractivity contribution is -0.135. The van der Waals surface area contributed by atoms with E-state index in [1.807, 2.05) is 53.4 Å². The van der Waals surface area contributed by atoms with E-state index < -0.39 is 5.54 Å². The molecule has 0 bridgehead atoms. The maximum atomic E-state index is 13.2. The summed E-state index contributed by atoms with van der Waals surface area (Å²) in [4.78, 5) is 40.1. The number of methoxy groups -OCH3 is 2. The highest BCUT2D eigenvalue weighted by molar-refractivity contribution is 5.85. The van der Waals surface area contributed by atoms with Gasteiger partial charge in [0.2, 0.25) is 11.8 Å². The number of carbonyl (C=O) groups is 3. The summed E-state index contributed by atoms with van der Waals surface area (Å²) in [7, 11) is 3.20. The topological polar surface area (TPSA) is 84.9 Å². The zero-order chi connectivity index (χ0) is 25.5. The van der Waals surface area contributed by atoms with Gasteiger partial charge in [-0.3, -0.25) is 14.4 Å². The highest BCUT2D eigenvalue weighted by atomic mass is 16.5. The number of rotatable bonds is 10. The number of likely N-dealkylation sites (tertiary alicyclic amines) is 1. The molecule has 4 rings (SSSR count). The van der Waals surface area contributed by atoms with Crippen molar-refractivity contribution in [2.24, 2.45) is 5.92 Å². The second kappa shape index (κ2) is 11.6. The molecule has 2 amide bonds. The number of ether oxygens (including phenoxy) is 2. The number of ketones is 1. The van der Waals surface area contributed by atoms with Crippen LogP contribution in [0.1, 0.15) is 49.7 Å². The van der Waals surface area contributed by atoms with Crippen LogP contribution in [0, 0.1) is 5.92 Å². The molecule has 2 fully saturated rings. The summed E-state index contributed by atoms with van der Waals surface area (Å²) < 4.78 is 10.8. The average molecular weight is 493 g/mol. The molecule has 0 radical (unpaired) electrons. The van der Waals surface area contributed by atoms with Gasteiger partial charge in [-0.15, -0.1) is 0 Å². The fourth-order valence-corrected chi connectivity index (χ4v) is 5.48. The summed E-state index contributed by atoms with van der Waals surface area (Å²) in [6.45, 7) is 1.17. The molecule has 192 valence electrons. The van der Waals surface area contributed by atoms with Crippen LogP contribution in [0.5, 0.6) is 11.5 Å². The molecule has 2 atom stereocenters. The van der Waals surface area contributed by atoms with Crippen LogP contribution in [0.15, 0.2) is 48.5 Å². The number of piperidine rings is 1. The Morgan fingerprint density at radius 3 is 2.53 bits per heavy atom.